The van der Waals surface area contributed by atoms with E-state index >= 15 is 0 Å². The van der Waals surface area contributed by atoms with E-state index < -0.39 is 11.8 Å². The molecule has 0 saturated heterocycles. The number of ether oxygens (including phenoxy) is 3. The van der Waals surface area contributed by atoms with E-state index in [4.69, 9.17) is 19.2 Å². The fourth-order valence-electron chi connectivity index (χ4n) is 5.28. The highest BCUT2D eigenvalue weighted by molar-refractivity contribution is 7.99. The van der Waals surface area contributed by atoms with Gasteiger partial charge in [-0.15, -0.1) is 0 Å². The molecule has 1 heterocycles. The van der Waals surface area contributed by atoms with Crippen LogP contribution in [0.25, 0.3) is 0 Å². The number of carbonyl (C=O) groups is 2. The molecule has 7 heteroatoms. The van der Waals surface area contributed by atoms with Gasteiger partial charge in [-0.25, -0.2) is 0 Å². The largest absolute Gasteiger partial charge is 0.493 e. The van der Waals surface area contributed by atoms with Crippen LogP contribution in [-0.4, -0.2) is 49.8 Å². The lowest BCUT2D eigenvalue weighted by Crippen LogP contribution is -2.38. The molecule has 3 atom stereocenters. The highest BCUT2D eigenvalue weighted by Gasteiger charge is 2.44. The summed E-state index contributed by atoms with van der Waals surface area (Å²) in [7, 11) is 3.21. The fraction of sp³-hybridized carbons (Fsp3) is 0.433. The van der Waals surface area contributed by atoms with Crippen LogP contribution in [0.4, 0.5) is 0 Å². The van der Waals surface area contributed by atoms with Gasteiger partial charge in [-0.05, 0) is 55.2 Å². The number of aryl methyl sites for hydroxylation is 1. The predicted molar refractivity (Wildman–Crippen MR) is 148 cm³/mol. The van der Waals surface area contributed by atoms with E-state index in [1.54, 1.807) is 26.0 Å². The van der Waals surface area contributed by atoms with E-state index in [0.717, 1.165) is 33.9 Å². The Morgan fingerprint density at radius 3 is 2.38 bits per heavy atom. The van der Waals surface area contributed by atoms with Gasteiger partial charge in [-0.1, -0.05) is 42.8 Å². The van der Waals surface area contributed by atoms with Crippen molar-refractivity contribution in [2.45, 2.75) is 45.4 Å². The summed E-state index contributed by atoms with van der Waals surface area (Å²) in [5.74, 6) is 1.67. The molecular formula is C30H35NO5S. The minimum absolute atomic E-state index is 0.0298. The van der Waals surface area contributed by atoms with Crippen LogP contribution in [0.5, 0.6) is 11.5 Å². The van der Waals surface area contributed by atoms with Gasteiger partial charge in [0.2, 0.25) is 0 Å². The maximum atomic E-state index is 13.8. The molecule has 0 fully saturated rings. The quantitative estimate of drug-likeness (QED) is 0.303. The predicted octanol–water partition coefficient (Wildman–Crippen LogP) is 5.88. The zero-order valence-electron chi connectivity index (χ0n) is 22.2. The molecule has 0 spiro atoms. The number of allylic oxidation sites excluding steroid dienone is 2. The van der Waals surface area contributed by atoms with Crippen molar-refractivity contribution in [3.05, 3.63) is 70.4 Å². The maximum Gasteiger partial charge on any atom is 0.315 e. The molecule has 0 aromatic heterocycles. The van der Waals surface area contributed by atoms with Crippen LogP contribution in [-0.2, 0) is 14.3 Å². The summed E-state index contributed by atoms with van der Waals surface area (Å²) in [5.41, 5.74) is 5.18. The molecule has 2 aliphatic rings. The van der Waals surface area contributed by atoms with E-state index in [-0.39, 0.29) is 17.7 Å². The van der Waals surface area contributed by atoms with Crippen molar-refractivity contribution in [1.29, 1.82) is 0 Å². The van der Waals surface area contributed by atoms with Gasteiger partial charge in [0.15, 0.2) is 17.3 Å². The highest BCUT2D eigenvalue weighted by atomic mass is 32.2. The van der Waals surface area contributed by atoms with E-state index in [1.165, 1.54) is 0 Å². The number of nitrogens with zero attached hydrogens (tertiary/aromatic N) is 1. The van der Waals surface area contributed by atoms with Gasteiger partial charge >= 0.3 is 5.97 Å². The third-order valence-electron chi connectivity index (χ3n) is 7.13. The molecule has 0 saturated carbocycles. The number of Topliss-reactive ketones (excluding diaryl/α,β-unsaturated/α-hetero) is 1. The Morgan fingerprint density at radius 1 is 1.00 bits per heavy atom. The van der Waals surface area contributed by atoms with Crippen molar-refractivity contribution in [2.75, 3.05) is 32.3 Å². The van der Waals surface area contributed by atoms with Crippen LogP contribution < -0.4 is 9.47 Å². The van der Waals surface area contributed by atoms with E-state index in [2.05, 4.69) is 6.92 Å². The van der Waals surface area contributed by atoms with Gasteiger partial charge in [0.25, 0.3) is 0 Å². The maximum absolute atomic E-state index is 13.8. The summed E-state index contributed by atoms with van der Waals surface area (Å²) in [5, 5.41) is 0. The molecule has 1 aliphatic heterocycles. The lowest BCUT2D eigenvalue weighted by molar-refractivity contribution is -0.145. The molecule has 0 bridgehead atoms. The SMILES string of the molecule is CCSCCOC(=O)C1C(C)=NC2=C(C(=O)C[C@H](c3ccc(OC)c(OC)c3)C2)[C@H]1c1ccc(C)cc1. The molecule has 0 N–H and O–H groups in total. The monoisotopic (exact) mass is 521 g/mol. The normalized spacial score (nSPS) is 21.3. The number of aliphatic imine (C=N–C) groups is 1. The average Bonchev–Trinajstić information content (AvgIpc) is 2.90. The van der Waals surface area contributed by atoms with Gasteiger partial charge in [0.1, 0.15) is 12.5 Å². The minimum Gasteiger partial charge on any atom is -0.493 e. The van der Waals surface area contributed by atoms with Crippen LogP contribution >= 0.6 is 11.8 Å². The third kappa shape index (κ3) is 5.77. The van der Waals surface area contributed by atoms with Crippen molar-refractivity contribution in [3.63, 3.8) is 0 Å². The first-order chi connectivity index (χ1) is 17.9. The molecule has 0 amide bonds. The number of carbonyl (C=O) groups excluding carboxylic acids is 2. The van der Waals surface area contributed by atoms with Crippen LogP contribution in [0, 0.1) is 12.8 Å². The van der Waals surface area contributed by atoms with Crippen molar-refractivity contribution < 1.29 is 23.8 Å². The topological polar surface area (TPSA) is 74.2 Å². The zero-order chi connectivity index (χ0) is 26.5. The Bertz CT molecular complexity index is 1220. The van der Waals surface area contributed by atoms with Crippen LogP contribution in [0.1, 0.15) is 55.2 Å². The van der Waals surface area contributed by atoms with E-state index in [1.807, 2.05) is 56.3 Å². The Kier molecular flexibility index (Phi) is 8.75. The molecule has 0 radical (unpaired) electrons. The van der Waals surface area contributed by atoms with Gasteiger partial charge < -0.3 is 14.2 Å². The Labute approximate surface area is 223 Å². The molecule has 4 rings (SSSR count). The molecule has 196 valence electrons. The number of rotatable bonds is 9. The number of hydrogen-bond donors (Lipinski definition) is 0. The first-order valence-corrected chi connectivity index (χ1v) is 13.9. The standard InChI is InChI=1S/C30H35NO5S/c1-6-37-14-13-36-30(33)27-19(3)31-23-15-22(21-11-12-25(34-4)26(17-21)35-5)16-24(32)29(23)28(27)20-9-7-18(2)8-10-20/h7-12,17,22,27-28H,6,13-16H2,1-5H3/t22-,27?,28+/m1/s1. The number of hydrogen-bond acceptors (Lipinski definition) is 7. The summed E-state index contributed by atoms with van der Waals surface area (Å²) in [6, 6.07) is 13.9. The minimum atomic E-state index is -0.616. The number of esters is 1. The number of benzene rings is 2. The number of thioether (sulfide) groups is 1. The van der Waals surface area contributed by atoms with Crippen molar-refractivity contribution in [3.8, 4) is 11.5 Å². The Morgan fingerprint density at radius 2 is 1.70 bits per heavy atom. The van der Waals surface area contributed by atoms with Gasteiger partial charge in [0, 0.05) is 35.1 Å². The van der Waals surface area contributed by atoms with Crippen molar-refractivity contribution in [1.82, 2.24) is 0 Å². The summed E-state index contributed by atoms with van der Waals surface area (Å²) >= 11 is 1.73. The Hall–Kier alpha value is -3.06. The molecule has 2 aromatic carbocycles. The van der Waals surface area contributed by atoms with E-state index in [9.17, 15) is 9.59 Å². The van der Waals surface area contributed by atoms with Crippen molar-refractivity contribution >= 4 is 29.2 Å². The second-order valence-electron chi connectivity index (χ2n) is 9.49. The molecule has 1 unspecified atom stereocenters. The van der Waals surface area contributed by atoms with Gasteiger partial charge in [-0.3, -0.25) is 14.6 Å². The first-order valence-electron chi connectivity index (χ1n) is 12.7. The lowest BCUT2D eigenvalue weighted by atomic mass is 9.69. The zero-order valence-corrected chi connectivity index (χ0v) is 23.0. The van der Waals surface area contributed by atoms with Crippen LogP contribution in [0.2, 0.25) is 0 Å². The number of ketones is 1. The van der Waals surface area contributed by atoms with Gasteiger partial charge in [-0.2, -0.15) is 11.8 Å². The summed E-state index contributed by atoms with van der Waals surface area (Å²) < 4.78 is 16.5. The van der Waals surface area contributed by atoms with Gasteiger partial charge in [0.05, 0.1) is 14.2 Å². The molecular weight excluding hydrogens is 486 g/mol. The first kappa shape index (κ1) is 27.0. The third-order valence-corrected chi connectivity index (χ3v) is 8.00. The summed E-state index contributed by atoms with van der Waals surface area (Å²) in [4.78, 5) is 32.0. The molecule has 6 nitrogen and oxygen atoms in total. The van der Waals surface area contributed by atoms with Crippen molar-refractivity contribution in [2.24, 2.45) is 10.9 Å². The molecule has 1 aliphatic carbocycles. The highest BCUT2D eigenvalue weighted by Crippen LogP contribution is 2.47. The molecule has 37 heavy (non-hydrogen) atoms. The summed E-state index contributed by atoms with van der Waals surface area (Å²) in [6.07, 6.45) is 0.964. The van der Waals surface area contributed by atoms with E-state index in [0.29, 0.717) is 42.2 Å². The number of methoxy groups -OCH3 is 2. The lowest BCUT2D eigenvalue weighted by Gasteiger charge is -2.36. The Balaban J connectivity index is 1.70. The summed E-state index contributed by atoms with van der Waals surface area (Å²) in [6.45, 7) is 6.33. The second kappa shape index (κ2) is 12.0. The average molecular weight is 522 g/mol. The fourth-order valence-corrected chi connectivity index (χ4v) is 5.77. The molecule has 2 aromatic rings. The second-order valence-corrected chi connectivity index (χ2v) is 10.9. The van der Waals surface area contributed by atoms with Crippen LogP contribution in [0.15, 0.2) is 58.7 Å². The van der Waals surface area contributed by atoms with Crippen LogP contribution in [0.3, 0.4) is 0 Å². The smallest absolute Gasteiger partial charge is 0.315 e.